The summed E-state index contributed by atoms with van der Waals surface area (Å²) in [7, 11) is 0. The lowest BCUT2D eigenvalue weighted by atomic mass is 10.0. The maximum atomic E-state index is 12.1. The van der Waals surface area contributed by atoms with Gasteiger partial charge in [-0.3, -0.25) is 4.79 Å². The van der Waals surface area contributed by atoms with Crippen LogP contribution in [0, 0.1) is 12.8 Å². The number of aryl methyl sites for hydroxylation is 1. The van der Waals surface area contributed by atoms with Crippen molar-refractivity contribution < 1.29 is 9.53 Å². The first kappa shape index (κ1) is 19.1. The average molecular weight is 363 g/mol. The van der Waals surface area contributed by atoms with Crippen LogP contribution in [0.15, 0.2) is 36.7 Å². The van der Waals surface area contributed by atoms with Gasteiger partial charge in [0.05, 0.1) is 0 Å². The first-order valence-corrected chi connectivity index (χ1v) is 8.27. The van der Waals surface area contributed by atoms with E-state index in [2.05, 4.69) is 20.6 Å². The molecule has 1 saturated heterocycles. The highest BCUT2D eigenvalue weighted by Crippen LogP contribution is 2.24. The fourth-order valence-corrected chi connectivity index (χ4v) is 2.79. The molecule has 1 aliphatic rings. The number of carbonyl (C=O) groups excluding carboxylic acids is 1. The van der Waals surface area contributed by atoms with Crippen molar-refractivity contribution in [1.82, 2.24) is 15.3 Å². The molecule has 1 aromatic heterocycles. The maximum absolute atomic E-state index is 12.1. The van der Waals surface area contributed by atoms with Gasteiger partial charge in [-0.25, -0.2) is 9.97 Å². The number of ether oxygens (including phenoxy) is 1. The SMILES string of the molecule is Cc1cc(Oc2ncccn2)ccc1NC(=O)CCC1CCNC1.Cl. The number of anilines is 1. The van der Waals surface area contributed by atoms with Gasteiger partial charge in [-0.2, -0.15) is 0 Å². The van der Waals surface area contributed by atoms with Crippen LogP contribution in [0.3, 0.4) is 0 Å². The predicted octanol–water partition coefficient (Wildman–Crippen LogP) is 3.33. The van der Waals surface area contributed by atoms with Gasteiger partial charge in [0.1, 0.15) is 5.75 Å². The van der Waals surface area contributed by atoms with Crippen LogP contribution in [-0.2, 0) is 4.79 Å². The molecule has 1 unspecified atom stereocenters. The summed E-state index contributed by atoms with van der Waals surface area (Å²) in [5, 5.41) is 6.30. The zero-order valence-corrected chi connectivity index (χ0v) is 15.0. The molecule has 0 spiro atoms. The largest absolute Gasteiger partial charge is 0.424 e. The van der Waals surface area contributed by atoms with Gasteiger partial charge >= 0.3 is 6.01 Å². The molecule has 1 atom stereocenters. The Bertz CT molecular complexity index is 691. The third-order valence-electron chi connectivity index (χ3n) is 4.17. The molecule has 0 saturated carbocycles. The number of nitrogens with zero attached hydrogens (tertiary/aromatic N) is 2. The lowest BCUT2D eigenvalue weighted by Crippen LogP contribution is -2.15. The molecule has 6 nitrogen and oxygen atoms in total. The van der Waals surface area contributed by atoms with Crippen molar-refractivity contribution in [3.05, 3.63) is 42.2 Å². The molecule has 7 heteroatoms. The third-order valence-corrected chi connectivity index (χ3v) is 4.17. The van der Waals surface area contributed by atoms with E-state index in [0.29, 0.717) is 24.1 Å². The molecule has 3 rings (SSSR count). The van der Waals surface area contributed by atoms with Gasteiger partial charge < -0.3 is 15.4 Å². The fourth-order valence-electron chi connectivity index (χ4n) is 2.79. The molecule has 0 bridgehead atoms. The molecule has 1 aliphatic heterocycles. The zero-order valence-electron chi connectivity index (χ0n) is 14.2. The number of hydrogen-bond acceptors (Lipinski definition) is 5. The Morgan fingerprint density at radius 2 is 2.16 bits per heavy atom. The number of halogens is 1. The number of aromatic nitrogens is 2. The quantitative estimate of drug-likeness (QED) is 0.824. The number of benzene rings is 1. The molecule has 2 N–H and O–H groups in total. The molecular formula is C18H23ClN4O2. The number of hydrogen-bond donors (Lipinski definition) is 2. The highest BCUT2D eigenvalue weighted by atomic mass is 35.5. The van der Waals surface area contributed by atoms with Crippen molar-refractivity contribution in [2.75, 3.05) is 18.4 Å². The molecular weight excluding hydrogens is 340 g/mol. The van der Waals surface area contributed by atoms with Crippen molar-refractivity contribution >= 4 is 24.0 Å². The van der Waals surface area contributed by atoms with Crippen LogP contribution in [0.1, 0.15) is 24.8 Å². The first-order chi connectivity index (χ1) is 11.7. The van der Waals surface area contributed by atoms with Crippen LogP contribution in [0.5, 0.6) is 11.8 Å². The lowest BCUT2D eigenvalue weighted by molar-refractivity contribution is -0.116. The molecule has 2 heterocycles. The molecule has 0 aliphatic carbocycles. The van der Waals surface area contributed by atoms with Gasteiger partial charge in [0, 0.05) is 24.5 Å². The number of carbonyl (C=O) groups is 1. The van der Waals surface area contributed by atoms with Gasteiger partial charge in [0.15, 0.2) is 0 Å². The van der Waals surface area contributed by atoms with Crippen LogP contribution in [0.2, 0.25) is 0 Å². The van der Waals surface area contributed by atoms with Gasteiger partial charge in [0.25, 0.3) is 0 Å². The van der Waals surface area contributed by atoms with E-state index >= 15 is 0 Å². The minimum Gasteiger partial charge on any atom is -0.424 e. The molecule has 1 fully saturated rings. The second-order valence-corrected chi connectivity index (χ2v) is 6.06. The predicted molar refractivity (Wildman–Crippen MR) is 99.4 cm³/mol. The van der Waals surface area contributed by atoms with Crippen LogP contribution < -0.4 is 15.4 Å². The van der Waals surface area contributed by atoms with Crippen LogP contribution in [-0.4, -0.2) is 29.0 Å². The van der Waals surface area contributed by atoms with Gasteiger partial charge in [0.2, 0.25) is 5.91 Å². The van der Waals surface area contributed by atoms with Crippen LogP contribution in [0.25, 0.3) is 0 Å². The third kappa shape index (κ3) is 5.69. The highest BCUT2D eigenvalue weighted by Gasteiger charge is 2.16. The van der Waals surface area contributed by atoms with Crippen LogP contribution in [0.4, 0.5) is 5.69 Å². The van der Waals surface area contributed by atoms with E-state index in [9.17, 15) is 4.79 Å². The minimum absolute atomic E-state index is 0. The second-order valence-electron chi connectivity index (χ2n) is 6.06. The molecule has 1 aromatic carbocycles. The molecule has 1 amide bonds. The van der Waals surface area contributed by atoms with E-state index in [1.54, 1.807) is 24.5 Å². The van der Waals surface area contributed by atoms with Crippen molar-refractivity contribution in [2.24, 2.45) is 5.92 Å². The van der Waals surface area contributed by atoms with E-state index in [1.165, 1.54) is 6.42 Å². The van der Waals surface area contributed by atoms with Crippen molar-refractivity contribution in [1.29, 1.82) is 0 Å². The minimum atomic E-state index is 0. The zero-order chi connectivity index (χ0) is 16.8. The number of amides is 1. The highest BCUT2D eigenvalue weighted by molar-refractivity contribution is 5.91. The monoisotopic (exact) mass is 362 g/mol. The number of nitrogens with one attached hydrogen (secondary N) is 2. The summed E-state index contributed by atoms with van der Waals surface area (Å²) in [5.74, 6) is 1.33. The van der Waals surface area contributed by atoms with Crippen molar-refractivity contribution in [3.63, 3.8) is 0 Å². The Hall–Kier alpha value is -2.18. The summed E-state index contributed by atoms with van der Waals surface area (Å²) in [4.78, 5) is 20.2. The Morgan fingerprint density at radius 1 is 1.36 bits per heavy atom. The maximum Gasteiger partial charge on any atom is 0.321 e. The topological polar surface area (TPSA) is 76.1 Å². The first-order valence-electron chi connectivity index (χ1n) is 8.27. The molecule has 2 aromatic rings. The Labute approximate surface area is 153 Å². The Morgan fingerprint density at radius 3 is 2.84 bits per heavy atom. The summed E-state index contributed by atoms with van der Waals surface area (Å²) >= 11 is 0. The van der Waals surface area contributed by atoms with Crippen molar-refractivity contribution in [3.8, 4) is 11.8 Å². The number of rotatable bonds is 6. The Kier molecular flexibility index (Phi) is 7.16. The molecule has 134 valence electrons. The molecule has 0 radical (unpaired) electrons. The summed E-state index contributed by atoms with van der Waals surface area (Å²) in [6.07, 6.45) is 5.92. The van der Waals surface area contributed by atoms with E-state index in [1.807, 2.05) is 19.1 Å². The summed E-state index contributed by atoms with van der Waals surface area (Å²) < 4.78 is 5.59. The van der Waals surface area contributed by atoms with E-state index < -0.39 is 0 Å². The van der Waals surface area contributed by atoms with E-state index in [-0.39, 0.29) is 18.3 Å². The molecule has 25 heavy (non-hydrogen) atoms. The van der Waals surface area contributed by atoms with Gasteiger partial charge in [-0.05, 0) is 68.6 Å². The Balaban J connectivity index is 0.00000225. The smallest absolute Gasteiger partial charge is 0.321 e. The lowest BCUT2D eigenvalue weighted by Gasteiger charge is -2.12. The van der Waals surface area contributed by atoms with Crippen LogP contribution >= 0.6 is 12.4 Å². The van der Waals surface area contributed by atoms with E-state index in [4.69, 9.17) is 4.74 Å². The second kappa shape index (κ2) is 9.34. The van der Waals surface area contributed by atoms with Crippen molar-refractivity contribution in [2.45, 2.75) is 26.2 Å². The average Bonchev–Trinajstić information content (AvgIpc) is 3.10. The fraction of sp³-hybridized carbons (Fsp3) is 0.389. The summed E-state index contributed by atoms with van der Waals surface area (Å²) in [5.41, 5.74) is 1.75. The van der Waals surface area contributed by atoms with Gasteiger partial charge in [-0.1, -0.05) is 0 Å². The van der Waals surface area contributed by atoms with Gasteiger partial charge in [-0.15, -0.1) is 12.4 Å². The summed E-state index contributed by atoms with van der Waals surface area (Å²) in [6, 6.07) is 7.56. The normalized spacial score (nSPS) is 16.1. The summed E-state index contributed by atoms with van der Waals surface area (Å²) in [6.45, 7) is 4.03. The van der Waals surface area contributed by atoms with E-state index in [0.717, 1.165) is 30.8 Å². The standard InChI is InChI=1S/C18H22N4O2.ClH/c1-13-11-15(24-18-20-8-2-9-21-18)4-5-16(13)22-17(23)6-3-14-7-10-19-12-14;/h2,4-5,8-9,11,14,19H,3,6-7,10,12H2,1H3,(H,22,23);1H.